The summed E-state index contributed by atoms with van der Waals surface area (Å²) in [6.07, 6.45) is 8.40. The number of hydrogen-bond donors (Lipinski definition) is 3. The maximum atomic E-state index is 13.4. The molecule has 0 radical (unpaired) electrons. The Kier molecular flexibility index (Phi) is 10.3. The SMILES string of the molecule is CC(C)C[C@H]1NC(=O)CN(C(=O)CCCc2c[nH]c3ccccc23)CCCOc2cccc(c2)-c2nccn2CCNC1=O. The molecule has 0 saturated heterocycles. The highest BCUT2D eigenvalue weighted by Gasteiger charge is 2.24. The van der Waals surface area contributed by atoms with E-state index in [1.807, 2.05) is 73.3 Å². The number of nitrogens with one attached hydrogen (secondary N) is 3. The van der Waals surface area contributed by atoms with Crippen molar-refractivity contribution in [3.05, 3.63) is 72.7 Å². The summed E-state index contributed by atoms with van der Waals surface area (Å²) in [7, 11) is 0. The number of fused-ring (bicyclic) bond motifs is 5. The van der Waals surface area contributed by atoms with Gasteiger partial charge >= 0.3 is 0 Å². The van der Waals surface area contributed by atoms with Gasteiger partial charge in [0.25, 0.3) is 0 Å². The summed E-state index contributed by atoms with van der Waals surface area (Å²) in [4.78, 5) is 49.3. The van der Waals surface area contributed by atoms with E-state index in [0.717, 1.165) is 28.7 Å². The number of ether oxygens (including phenoxy) is 1. The van der Waals surface area contributed by atoms with E-state index < -0.39 is 6.04 Å². The second kappa shape index (κ2) is 14.7. The summed E-state index contributed by atoms with van der Waals surface area (Å²) < 4.78 is 8.03. The molecular formula is C34H42N6O4. The van der Waals surface area contributed by atoms with Gasteiger partial charge in [-0.15, -0.1) is 0 Å². The Labute approximate surface area is 258 Å². The lowest BCUT2D eigenvalue weighted by Crippen LogP contribution is -2.51. The van der Waals surface area contributed by atoms with E-state index in [0.29, 0.717) is 57.7 Å². The summed E-state index contributed by atoms with van der Waals surface area (Å²) in [5.74, 6) is 1.01. The predicted octanol–water partition coefficient (Wildman–Crippen LogP) is 4.31. The summed E-state index contributed by atoms with van der Waals surface area (Å²) >= 11 is 0. The van der Waals surface area contributed by atoms with Crippen molar-refractivity contribution in [1.29, 1.82) is 0 Å². The molecule has 0 aliphatic carbocycles. The second-order valence-corrected chi connectivity index (χ2v) is 11.7. The molecule has 44 heavy (non-hydrogen) atoms. The van der Waals surface area contributed by atoms with Crippen molar-refractivity contribution in [3.8, 4) is 17.1 Å². The first-order chi connectivity index (χ1) is 21.4. The van der Waals surface area contributed by atoms with Gasteiger partial charge in [0.15, 0.2) is 0 Å². The number of rotatable bonds is 6. The van der Waals surface area contributed by atoms with Crippen molar-refractivity contribution in [3.63, 3.8) is 0 Å². The molecule has 1 aliphatic heterocycles. The Morgan fingerprint density at radius 3 is 2.84 bits per heavy atom. The molecule has 5 rings (SSSR count). The summed E-state index contributed by atoms with van der Waals surface area (Å²) in [6, 6.07) is 15.2. The molecule has 0 unspecified atom stereocenters. The van der Waals surface area contributed by atoms with Crippen molar-refractivity contribution in [1.82, 2.24) is 30.1 Å². The zero-order chi connectivity index (χ0) is 30.9. The van der Waals surface area contributed by atoms with Crippen LogP contribution in [0.15, 0.2) is 67.1 Å². The average molecular weight is 599 g/mol. The quantitative estimate of drug-likeness (QED) is 0.305. The van der Waals surface area contributed by atoms with Crippen LogP contribution in [0.2, 0.25) is 0 Å². The molecule has 4 aromatic rings. The first-order valence-electron chi connectivity index (χ1n) is 15.5. The predicted molar refractivity (Wildman–Crippen MR) is 170 cm³/mol. The minimum Gasteiger partial charge on any atom is -0.494 e. The number of aromatic amines is 1. The second-order valence-electron chi connectivity index (χ2n) is 11.7. The van der Waals surface area contributed by atoms with Crippen LogP contribution in [0.3, 0.4) is 0 Å². The van der Waals surface area contributed by atoms with E-state index >= 15 is 0 Å². The Morgan fingerprint density at radius 2 is 1.98 bits per heavy atom. The smallest absolute Gasteiger partial charge is 0.242 e. The van der Waals surface area contributed by atoms with Crippen LogP contribution in [-0.2, 0) is 27.3 Å². The van der Waals surface area contributed by atoms with Crippen LogP contribution in [0.4, 0.5) is 0 Å². The number of hydrogen-bond acceptors (Lipinski definition) is 5. The number of imidazole rings is 1. The molecule has 2 aromatic heterocycles. The molecule has 232 valence electrons. The van der Waals surface area contributed by atoms with Gasteiger partial charge in [0.05, 0.1) is 13.2 Å². The van der Waals surface area contributed by atoms with Gasteiger partial charge in [-0.1, -0.05) is 44.2 Å². The Balaban J connectivity index is 1.29. The monoisotopic (exact) mass is 598 g/mol. The van der Waals surface area contributed by atoms with E-state index in [2.05, 4.69) is 26.7 Å². The standard InChI is InChI=1S/C34H42N6O4/c1-24(2)20-30-34(43)36-15-18-39-17-14-35-33(39)25-8-5-10-27(21-25)44-19-7-16-40(23-31(41)38-30)32(42)13-6-9-26-22-37-29-12-4-3-11-28(26)29/h3-5,8,10-12,14,17,21-22,24,30,37H,6-7,9,13,15-16,18-20,23H2,1-2H3,(H,36,43)(H,38,41)/t30-/m1/s1. The number of para-hydroxylation sites is 1. The van der Waals surface area contributed by atoms with Gasteiger partial charge < -0.3 is 29.8 Å². The molecule has 1 aliphatic rings. The fourth-order valence-electron chi connectivity index (χ4n) is 5.68. The maximum absolute atomic E-state index is 13.4. The lowest BCUT2D eigenvalue weighted by molar-refractivity contribution is -0.137. The van der Waals surface area contributed by atoms with Gasteiger partial charge in [-0.05, 0) is 55.4 Å². The molecule has 0 fully saturated rings. The van der Waals surface area contributed by atoms with Gasteiger partial charge in [-0.2, -0.15) is 0 Å². The summed E-state index contributed by atoms with van der Waals surface area (Å²) in [5.41, 5.74) is 3.16. The zero-order valence-corrected chi connectivity index (χ0v) is 25.6. The molecule has 0 spiro atoms. The molecule has 3 amide bonds. The van der Waals surface area contributed by atoms with Gasteiger partial charge in [0.2, 0.25) is 17.7 Å². The number of aryl methyl sites for hydroxylation is 1. The Morgan fingerprint density at radius 1 is 1.11 bits per heavy atom. The normalized spacial score (nSPS) is 16.9. The molecule has 1 atom stereocenters. The molecule has 10 nitrogen and oxygen atoms in total. The fourth-order valence-corrected chi connectivity index (χ4v) is 5.68. The maximum Gasteiger partial charge on any atom is 0.242 e. The van der Waals surface area contributed by atoms with Crippen LogP contribution < -0.4 is 15.4 Å². The highest BCUT2D eigenvalue weighted by Crippen LogP contribution is 2.23. The third-order valence-electron chi connectivity index (χ3n) is 7.86. The lowest BCUT2D eigenvalue weighted by atomic mass is 10.0. The van der Waals surface area contributed by atoms with Crippen LogP contribution in [0.5, 0.6) is 5.75 Å². The number of nitrogens with zero attached hydrogens (tertiary/aromatic N) is 3. The van der Waals surface area contributed by atoms with E-state index in [1.54, 1.807) is 11.1 Å². The summed E-state index contributed by atoms with van der Waals surface area (Å²) in [5, 5.41) is 7.05. The van der Waals surface area contributed by atoms with Crippen LogP contribution in [0, 0.1) is 5.92 Å². The minimum atomic E-state index is -0.692. The largest absolute Gasteiger partial charge is 0.494 e. The van der Waals surface area contributed by atoms with Crippen LogP contribution in [0.25, 0.3) is 22.3 Å². The van der Waals surface area contributed by atoms with Crippen LogP contribution in [-0.4, -0.2) is 69.4 Å². The molecular weight excluding hydrogens is 556 g/mol. The highest BCUT2D eigenvalue weighted by atomic mass is 16.5. The van der Waals surface area contributed by atoms with Gasteiger partial charge in [-0.25, -0.2) is 4.98 Å². The van der Waals surface area contributed by atoms with E-state index in [9.17, 15) is 14.4 Å². The topological polar surface area (TPSA) is 121 Å². The first-order valence-corrected chi connectivity index (χ1v) is 15.5. The average Bonchev–Trinajstić information content (AvgIpc) is 3.65. The lowest BCUT2D eigenvalue weighted by Gasteiger charge is -2.25. The molecule has 3 N–H and O–H groups in total. The summed E-state index contributed by atoms with van der Waals surface area (Å²) in [6.45, 7) is 5.57. The van der Waals surface area contributed by atoms with E-state index in [4.69, 9.17) is 4.74 Å². The highest BCUT2D eigenvalue weighted by molar-refractivity contribution is 5.90. The zero-order valence-electron chi connectivity index (χ0n) is 25.6. The van der Waals surface area contributed by atoms with Gasteiger partial charge in [-0.3, -0.25) is 14.4 Å². The van der Waals surface area contributed by atoms with Crippen molar-refractivity contribution in [2.75, 3.05) is 26.2 Å². The number of carbonyl (C=O) groups is 3. The molecule has 10 heteroatoms. The Bertz CT molecular complexity index is 1570. The van der Waals surface area contributed by atoms with Crippen molar-refractivity contribution in [2.24, 2.45) is 5.92 Å². The number of benzene rings is 2. The van der Waals surface area contributed by atoms with Crippen LogP contribution >= 0.6 is 0 Å². The number of amides is 3. The fraction of sp³-hybridized carbons (Fsp3) is 0.412. The number of carbonyl (C=O) groups excluding carboxylic acids is 3. The van der Waals surface area contributed by atoms with Gasteiger partial charge in [0, 0.05) is 61.1 Å². The molecule has 2 bridgehead atoms. The van der Waals surface area contributed by atoms with Gasteiger partial charge in [0.1, 0.15) is 17.6 Å². The number of aromatic nitrogens is 3. The van der Waals surface area contributed by atoms with E-state index in [1.165, 1.54) is 5.56 Å². The minimum absolute atomic E-state index is 0.0897. The number of H-pyrrole nitrogens is 1. The third-order valence-corrected chi connectivity index (χ3v) is 7.86. The molecule has 2 aromatic carbocycles. The third kappa shape index (κ3) is 8.06. The van der Waals surface area contributed by atoms with Crippen molar-refractivity contribution in [2.45, 2.75) is 58.5 Å². The van der Waals surface area contributed by atoms with Crippen molar-refractivity contribution < 1.29 is 19.1 Å². The van der Waals surface area contributed by atoms with Crippen molar-refractivity contribution >= 4 is 28.6 Å². The van der Waals surface area contributed by atoms with Crippen LogP contribution in [0.1, 0.15) is 45.1 Å². The molecule has 0 saturated carbocycles. The molecule has 3 heterocycles. The van der Waals surface area contributed by atoms with E-state index in [-0.39, 0.29) is 30.2 Å². The Hall–Kier alpha value is -4.60. The first kappa shape index (κ1) is 30.8.